The summed E-state index contributed by atoms with van der Waals surface area (Å²) in [4.78, 5) is 33.1. The van der Waals surface area contributed by atoms with Crippen LogP contribution >= 0.6 is 0 Å². The van der Waals surface area contributed by atoms with Crippen molar-refractivity contribution in [3.05, 3.63) is 46.5 Å². The number of aromatic nitrogens is 3. The Bertz CT molecular complexity index is 1130. The van der Waals surface area contributed by atoms with Crippen LogP contribution in [-0.2, 0) is 18.3 Å². The van der Waals surface area contributed by atoms with Crippen LogP contribution in [0.15, 0.2) is 35.4 Å². The minimum Gasteiger partial charge on any atom is -0.480 e. The normalized spacial score (nSPS) is 15.6. The predicted molar refractivity (Wildman–Crippen MR) is 98.0 cm³/mol. The number of aryl methyl sites for hydroxylation is 1. The highest BCUT2D eigenvalue weighted by molar-refractivity contribution is 5.92. The van der Waals surface area contributed by atoms with Crippen molar-refractivity contribution in [2.75, 3.05) is 5.73 Å². The molecule has 0 amide bonds. The molecule has 26 heavy (non-hydrogen) atoms. The number of Topliss-reactive ketones (excluding diaryl/α,β-unsaturated/α-hetero) is 1. The quantitative estimate of drug-likeness (QED) is 0.719. The first-order valence-corrected chi connectivity index (χ1v) is 8.24. The number of ketones is 1. The van der Waals surface area contributed by atoms with Crippen LogP contribution in [0, 0.1) is 0 Å². The van der Waals surface area contributed by atoms with Gasteiger partial charge in [0.25, 0.3) is 5.56 Å². The number of pyridine rings is 1. The molecule has 0 bridgehead atoms. The first-order valence-electron chi connectivity index (χ1n) is 8.24. The van der Waals surface area contributed by atoms with Gasteiger partial charge < -0.3 is 15.0 Å². The lowest BCUT2D eigenvalue weighted by molar-refractivity contribution is -0.132. The van der Waals surface area contributed by atoms with Crippen molar-refractivity contribution in [3.8, 4) is 17.0 Å². The zero-order chi connectivity index (χ0) is 18.6. The smallest absolute Gasteiger partial charge is 0.264 e. The largest absolute Gasteiger partial charge is 0.480 e. The fourth-order valence-corrected chi connectivity index (χ4v) is 3.09. The summed E-state index contributed by atoms with van der Waals surface area (Å²) in [5, 5.41) is 0.303. The minimum absolute atomic E-state index is 0.0262. The number of nitrogen functional groups attached to an aromatic ring is 1. The molecular weight excluding hydrogens is 332 g/mol. The molecule has 0 unspecified atom stereocenters. The van der Waals surface area contributed by atoms with Crippen LogP contribution in [0.2, 0.25) is 0 Å². The highest BCUT2D eigenvalue weighted by Gasteiger charge is 2.35. The van der Waals surface area contributed by atoms with Gasteiger partial charge in [0, 0.05) is 24.6 Å². The maximum atomic E-state index is 12.2. The van der Waals surface area contributed by atoms with Crippen LogP contribution in [0.1, 0.15) is 19.4 Å². The van der Waals surface area contributed by atoms with Crippen LogP contribution < -0.4 is 16.0 Å². The Labute approximate surface area is 149 Å². The Morgan fingerprint density at radius 1 is 1.23 bits per heavy atom. The first kappa shape index (κ1) is 16.3. The van der Waals surface area contributed by atoms with Crippen LogP contribution in [0.4, 0.5) is 5.82 Å². The van der Waals surface area contributed by atoms with E-state index in [1.807, 2.05) is 18.2 Å². The van der Waals surface area contributed by atoms with E-state index >= 15 is 0 Å². The van der Waals surface area contributed by atoms with Crippen LogP contribution in [0.25, 0.3) is 22.2 Å². The number of benzene rings is 1. The average molecular weight is 350 g/mol. The van der Waals surface area contributed by atoms with Crippen molar-refractivity contribution in [1.82, 2.24) is 14.5 Å². The molecule has 7 nitrogen and oxygen atoms in total. The molecular formula is C19H18N4O3. The third kappa shape index (κ3) is 2.44. The lowest BCUT2D eigenvalue weighted by Gasteiger charge is -2.31. The van der Waals surface area contributed by atoms with Gasteiger partial charge in [0.1, 0.15) is 17.0 Å². The molecule has 4 rings (SSSR count). The molecule has 2 aromatic heterocycles. The van der Waals surface area contributed by atoms with E-state index in [9.17, 15) is 9.59 Å². The van der Waals surface area contributed by atoms with E-state index < -0.39 is 5.60 Å². The molecule has 0 fully saturated rings. The van der Waals surface area contributed by atoms with E-state index in [0.717, 1.165) is 11.1 Å². The summed E-state index contributed by atoms with van der Waals surface area (Å²) >= 11 is 0. The molecule has 0 radical (unpaired) electrons. The van der Waals surface area contributed by atoms with Gasteiger partial charge in [-0.05, 0) is 38.1 Å². The highest BCUT2D eigenvalue weighted by atomic mass is 16.5. The van der Waals surface area contributed by atoms with Crippen LogP contribution in [-0.4, -0.2) is 25.9 Å². The van der Waals surface area contributed by atoms with Gasteiger partial charge in [-0.1, -0.05) is 0 Å². The first-order chi connectivity index (χ1) is 12.3. The average Bonchev–Trinajstić information content (AvgIpc) is 2.58. The van der Waals surface area contributed by atoms with Gasteiger partial charge in [-0.25, -0.2) is 9.97 Å². The van der Waals surface area contributed by atoms with Gasteiger partial charge in [-0.2, -0.15) is 0 Å². The van der Waals surface area contributed by atoms with E-state index in [1.165, 1.54) is 10.9 Å². The van der Waals surface area contributed by atoms with E-state index in [2.05, 4.69) is 9.97 Å². The topological polar surface area (TPSA) is 100 Å². The molecule has 3 aromatic rings. The minimum atomic E-state index is -0.815. The number of nitrogens with two attached hydrogens (primary N) is 1. The molecule has 7 heteroatoms. The summed E-state index contributed by atoms with van der Waals surface area (Å²) in [6, 6.07) is 7.29. The Kier molecular flexibility index (Phi) is 3.37. The second-order valence-electron chi connectivity index (χ2n) is 6.98. The number of anilines is 1. The zero-order valence-electron chi connectivity index (χ0n) is 14.7. The third-order valence-electron chi connectivity index (χ3n) is 4.67. The predicted octanol–water partition coefficient (Wildman–Crippen LogP) is 1.86. The standard InChI is InChI=1S/C19H18N4O3/c1-19(2)15(24)7-11-6-10(4-5-14(11)26-19)12-8-13-16(17(20)22-12)18(25)23(3)9-21-13/h4-6,8-9H,7H2,1-3H3,(H2,20,22). The fourth-order valence-electron chi connectivity index (χ4n) is 3.09. The molecule has 132 valence electrons. The molecule has 2 N–H and O–H groups in total. The van der Waals surface area contributed by atoms with Crippen molar-refractivity contribution < 1.29 is 9.53 Å². The Morgan fingerprint density at radius 3 is 2.77 bits per heavy atom. The monoisotopic (exact) mass is 350 g/mol. The molecule has 0 saturated heterocycles. The van der Waals surface area contributed by atoms with E-state index in [-0.39, 0.29) is 17.2 Å². The van der Waals surface area contributed by atoms with E-state index in [0.29, 0.717) is 28.8 Å². The number of fused-ring (bicyclic) bond motifs is 2. The van der Waals surface area contributed by atoms with Gasteiger partial charge in [0.05, 0.1) is 17.5 Å². The molecule has 0 saturated carbocycles. The molecule has 1 aliphatic heterocycles. The molecule has 0 aliphatic carbocycles. The molecule has 1 aliphatic rings. The second kappa shape index (κ2) is 5.39. The van der Waals surface area contributed by atoms with Crippen molar-refractivity contribution in [2.45, 2.75) is 25.9 Å². The number of carbonyl (C=O) groups excluding carboxylic acids is 1. The Balaban J connectivity index is 1.84. The van der Waals surface area contributed by atoms with Crippen molar-refractivity contribution in [1.29, 1.82) is 0 Å². The van der Waals surface area contributed by atoms with Gasteiger partial charge in [0.15, 0.2) is 11.4 Å². The highest BCUT2D eigenvalue weighted by Crippen LogP contribution is 2.34. The summed E-state index contributed by atoms with van der Waals surface area (Å²) < 4.78 is 7.16. The van der Waals surface area contributed by atoms with Gasteiger partial charge in [-0.15, -0.1) is 0 Å². The lowest BCUT2D eigenvalue weighted by atomic mass is 9.91. The van der Waals surface area contributed by atoms with Crippen molar-refractivity contribution >= 4 is 22.5 Å². The number of rotatable bonds is 1. The third-order valence-corrected chi connectivity index (χ3v) is 4.67. The van der Waals surface area contributed by atoms with Gasteiger partial charge >= 0.3 is 0 Å². The van der Waals surface area contributed by atoms with Crippen molar-refractivity contribution in [2.24, 2.45) is 7.05 Å². The number of carbonyl (C=O) groups is 1. The summed E-state index contributed by atoms with van der Waals surface area (Å²) in [5.41, 5.74) is 7.64. The van der Waals surface area contributed by atoms with Crippen molar-refractivity contribution in [3.63, 3.8) is 0 Å². The Hall–Kier alpha value is -3.22. The van der Waals surface area contributed by atoms with Gasteiger partial charge in [0.2, 0.25) is 0 Å². The molecule has 3 heterocycles. The van der Waals surface area contributed by atoms with E-state index in [1.54, 1.807) is 27.0 Å². The summed E-state index contributed by atoms with van der Waals surface area (Å²) in [6.07, 6.45) is 1.76. The molecule has 0 atom stereocenters. The van der Waals surface area contributed by atoms with Crippen LogP contribution in [0.3, 0.4) is 0 Å². The number of nitrogens with zero attached hydrogens (tertiary/aromatic N) is 3. The SMILES string of the molecule is Cn1cnc2cc(-c3ccc4c(c3)CC(=O)C(C)(C)O4)nc(N)c2c1=O. The lowest BCUT2D eigenvalue weighted by Crippen LogP contribution is -2.42. The molecule has 1 aromatic carbocycles. The zero-order valence-corrected chi connectivity index (χ0v) is 14.7. The Morgan fingerprint density at radius 2 is 2.00 bits per heavy atom. The maximum Gasteiger partial charge on any atom is 0.264 e. The van der Waals surface area contributed by atoms with Gasteiger partial charge in [-0.3, -0.25) is 9.59 Å². The number of hydrogen-bond donors (Lipinski definition) is 1. The summed E-state index contributed by atoms with van der Waals surface area (Å²) in [7, 11) is 1.62. The van der Waals surface area contributed by atoms with Crippen LogP contribution in [0.5, 0.6) is 5.75 Å². The number of ether oxygens (including phenoxy) is 1. The summed E-state index contributed by atoms with van der Waals surface area (Å²) in [6.45, 7) is 3.54. The maximum absolute atomic E-state index is 12.2. The van der Waals surface area contributed by atoms with E-state index in [4.69, 9.17) is 10.5 Å². The fraction of sp³-hybridized carbons (Fsp3) is 0.263. The summed E-state index contributed by atoms with van der Waals surface area (Å²) in [5.74, 6) is 0.856. The molecule has 0 spiro atoms. The second-order valence-corrected chi connectivity index (χ2v) is 6.98. The number of hydrogen-bond acceptors (Lipinski definition) is 6.